The number of carbonyl (C=O) groups excluding carboxylic acids is 2. The maximum Gasteiger partial charge on any atom is 0.223 e. The normalized spacial score (nSPS) is 24.0. The van der Waals surface area contributed by atoms with E-state index in [4.69, 9.17) is 5.73 Å². The standard InChI is InChI=1S/C21H39N3O2.ClH/c1-3-21(4-2,15-22)24-20(26)17-10-12-18(13-11-17)23-19(25)14-16-8-6-5-7-9-16;/h16-18H,3-15,22H2,1-2H3,(H,23,25)(H,24,26);1H. The van der Waals surface area contributed by atoms with Gasteiger partial charge >= 0.3 is 0 Å². The predicted molar refractivity (Wildman–Crippen MR) is 113 cm³/mol. The number of halogens is 1. The highest BCUT2D eigenvalue weighted by atomic mass is 35.5. The Bertz CT molecular complexity index is 446. The van der Waals surface area contributed by atoms with Crippen molar-refractivity contribution in [2.45, 2.75) is 102 Å². The number of hydrogen-bond donors (Lipinski definition) is 3. The molecule has 4 N–H and O–H groups in total. The highest BCUT2D eigenvalue weighted by molar-refractivity contribution is 5.85. The van der Waals surface area contributed by atoms with Gasteiger partial charge in [0.25, 0.3) is 0 Å². The summed E-state index contributed by atoms with van der Waals surface area (Å²) in [5.41, 5.74) is 5.64. The number of hydrogen-bond acceptors (Lipinski definition) is 3. The summed E-state index contributed by atoms with van der Waals surface area (Å²) in [6.45, 7) is 4.64. The summed E-state index contributed by atoms with van der Waals surface area (Å²) in [5, 5.41) is 6.42. The van der Waals surface area contributed by atoms with Gasteiger partial charge < -0.3 is 16.4 Å². The first-order valence-electron chi connectivity index (χ1n) is 10.8. The van der Waals surface area contributed by atoms with E-state index in [-0.39, 0.29) is 41.7 Å². The Balaban J connectivity index is 0.00000364. The average molecular weight is 402 g/mol. The number of carbonyl (C=O) groups is 2. The van der Waals surface area contributed by atoms with Gasteiger partial charge in [0.1, 0.15) is 0 Å². The SMILES string of the molecule is CCC(CC)(CN)NC(=O)C1CCC(NC(=O)CC2CCCCC2)CC1.Cl. The summed E-state index contributed by atoms with van der Waals surface area (Å²) < 4.78 is 0. The van der Waals surface area contributed by atoms with Gasteiger partial charge in [0.15, 0.2) is 0 Å². The van der Waals surface area contributed by atoms with Crippen molar-refractivity contribution in [1.82, 2.24) is 10.6 Å². The van der Waals surface area contributed by atoms with E-state index in [2.05, 4.69) is 24.5 Å². The van der Waals surface area contributed by atoms with Gasteiger partial charge in [0, 0.05) is 24.9 Å². The third-order valence-corrected chi connectivity index (χ3v) is 6.79. The lowest BCUT2D eigenvalue weighted by Crippen LogP contribution is -2.55. The zero-order valence-electron chi connectivity index (χ0n) is 17.2. The average Bonchev–Trinajstić information content (AvgIpc) is 2.67. The molecular formula is C21H40ClN3O2. The molecule has 0 unspecified atom stereocenters. The molecule has 0 radical (unpaired) electrons. The molecule has 0 aromatic rings. The van der Waals surface area contributed by atoms with Gasteiger partial charge in [0.05, 0.1) is 5.54 Å². The maximum absolute atomic E-state index is 12.6. The molecule has 0 aromatic heterocycles. The largest absolute Gasteiger partial charge is 0.353 e. The van der Waals surface area contributed by atoms with Gasteiger partial charge in [-0.05, 0) is 57.3 Å². The number of nitrogens with one attached hydrogen (secondary N) is 2. The number of amides is 2. The van der Waals surface area contributed by atoms with Gasteiger partial charge in [-0.25, -0.2) is 0 Å². The van der Waals surface area contributed by atoms with Crippen LogP contribution in [0.25, 0.3) is 0 Å². The minimum absolute atomic E-state index is 0. The van der Waals surface area contributed by atoms with Crippen LogP contribution in [-0.4, -0.2) is 29.9 Å². The fourth-order valence-electron chi connectivity index (χ4n) is 4.57. The number of nitrogens with two attached hydrogens (primary N) is 1. The summed E-state index contributed by atoms with van der Waals surface area (Å²) in [5.74, 6) is 0.999. The molecule has 0 spiro atoms. The molecule has 2 saturated carbocycles. The Labute approximate surface area is 171 Å². The second-order valence-corrected chi connectivity index (χ2v) is 8.51. The molecule has 2 fully saturated rings. The molecule has 2 rings (SSSR count). The summed E-state index contributed by atoms with van der Waals surface area (Å²) in [4.78, 5) is 24.9. The molecule has 6 heteroatoms. The van der Waals surface area contributed by atoms with Crippen LogP contribution in [0.2, 0.25) is 0 Å². The van der Waals surface area contributed by atoms with Crippen LogP contribution in [0, 0.1) is 11.8 Å². The lowest BCUT2D eigenvalue weighted by Gasteiger charge is -2.35. The van der Waals surface area contributed by atoms with E-state index in [1.807, 2.05) is 0 Å². The Kier molecular flexibility index (Phi) is 10.7. The van der Waals surface area contributed by atoms with E-state index in [0.717, 1.165) is 38.5 Å². The molecule has 2 aliphatic rings. The van der Waals surface area contributed by atoms with Crippen LogP contribution in [0.4, 0.5) is 0 Å². The van der Waals surface area contributed by atoms with Crippen molar-refractivity contribution in [1.29, 1.82) is 0 Å². The predicted octanol–water partition coefficient (Wildman–Crippen LogP) is 3.69. The van der Waals surface area contributed by atoms with E-state index < -0.39 is 0 Å². The Morgan fingerprint density at radius 2 is 1.56 bits per heavy atom. The quantitative estimate of drug-likeness (QED) is 0.579. The molecule has 158 valence electrons. The van der Waals surface area contributed by atoms with Crippen molar-refractivity contribution >= 4 is 24.2 Å². The molecule has 0 heterocycles. The van der Waals surface area contributed by atoms with Crippen LogP contribution in [0.5, 0.6) is 0 Å². The molecule has 27 heavy (non-hydrogen) atoms. The molecule has 2 amide bonds. The van der Waals surface area contributed by atoms with Gasteiger partial charge in [0.2, 0.25) is 11.8 Å². The van der Waals surface area contributed by atoms with Gasteiger partial charge in [-0.1, -0.05) is 33.1 Å². The van der Waals surface area contributed by atoms with Crippen molar-refractivity contribution in [3.8, 4) is 0 Å². The summed E-state index contributed by atoms with van der Waals surface area (Å²) in [7, 11) is 0. The Hall–Kier alpha value is -0.810. The number of rotatable bonds is 8. The van der Waals surface area contributed by atoms with E-state index in [0.29, 0.717) is 18.9 Å². The topological polar surface area (TPSA) is 84.2 Å². The van der Waals surface area contributed by atoms with E-state index >= 15 is 0 Å². The van der Waals surface area contributed by atoms with Crippen LogP contribution < -0.4 is 16.4 Å². The smallest absolute Gasteiger partial charge is 0.223 e. The van der Waals surface area contributed by atoms with Crippen molar-refractivity contribution in [2.24, 2.45) is 17.6 Å². The van der Waals surface area contributed by atoms with Crippen LogP contribution in [0.3, 0.4) is 0 Å². The zero-order valence-corrected chi connectivity index (χ0v) is 18.0. The van der Waals surface area contributed by atoms with E-state index in [1.165, 1.54) is 32.1 Å². The highest BCUT2D eigenvalue weighted by Gasteiger charge is 2.32. The summed E-state index contributed by atoms with van der Waals surface area (Å²) >= 11 is 0. The molecular weight excluding hydrogens is 362 g/mol. The summed E-state index contributed by atoms with van der Waals surface area (Å²) in [6.07, 6.45) is 12.2. The first-order valence-corrected chi connectivity index (χ1v) is 10.8. The minimum Gasteiger partial charge on any atom is -0.353 e. The van der Waals surface area contributed by atoms with Crippen LogP contribution in [0.1, 0.15) is 90.9 Å². The first-order chi connectivity index (χ1) is 12.5. The molecule has 0 aliphatic heterocycles. The summed E-state index contributed by atoms with van der Waals surface area (Å²) in [6, 6.07) is 0.242. The molecule has 0 bridgehead atoms. The molecule has 0 aromatic carbocycles. The molecule has 2 aliphatic carbocycles. The fraction of sp³-hybridized carbons (Fsp3) is 0.905. The Morgan fingerprint density at radius 3 is 2.07 bits per heavy atom. The third kappa shape index (κ3) is 7.26. The van der Waals surface area contributed by atoms with E-state index in [1.54, 1.807) is 0 Å². The van der Waals surface area contributed by atoms with Crippen molar-refractivity contribution in [2.75, 3.05) is 6.54 Å². The first kappa shape index (κ1) is 24.2. The maximum atomic E-state index is 12.6. The van der Waals surface area contributed by atoms with Crippen molar-refractivity contribution in [3.63, 3.8) is 0 Å². The minimum atomic E-state index is -0.262. The highest BCUT2D eigenvalue weighted by Crippen LogP contribution is 2.28. The fourth-order valence-corrected chi connectivity index (χ4v) is 4.57. The second kappa shape index (κ2) is 11.9. The van der Waals surface area contributed by atoms with Crippen molar-refractivity contribution in [3.05, 3.63) is 0 Å². The van der Waals surface area contributed by atoms with Gasteiger partial charge in [-0.15, -0.1) is 12.4 Å². The second-order valence-electron chi connectivity index (χ2n) is 8.51. The Morgan fingerprint density at radius 1 is 0.963 bits per heavy atom. The lowest BCUT2D eigenvalue weighted by molar-refractivity contribution is -0.128. The van der Waals surface area contributed by atoms with E-state index in [9.17, 15) is 9.59 Å². The molecule has 5 nitrogen and oxygen atoms in total. The molecule has 0 saturated heterocycles. The van der Waals surface area contributed by atoms with Crippen molar-refractivity contribution < 1.29 is 9.59 Å². The third-order valence-electron chi connectivity index (χ3n) is 6.79. The molecule has 0 atom stereocenters. The monoisotopic (exact) mass is 401 g/mol. The van der Waals surface area contributed by atoms with Gasteiger partial charge in [-0.3, -0.25) is 9.59 Å². The van der Waals surface area contributed by atoms with Crippen LogP contribution >= 0.6 is 12.4 Å². The van der Waals surface area contributed by atoms with Crippen LogP contribution in [-0.2, 0) is 9.59 Å². The van der Waals surface area contributed by atoms with Crippen LogP contribution in [0.15, 0.2) is 0 Å². The zero-order chi connectivity index (χ0) is 19.0. The van der Waals surface area contributed by atoms with Gasteiger partial charge in [-0.2, -0.15) is 0 Å². The lowest BCUT2D eigenvalue weighted by atomic mass is 9.83.